The summed E-state index contributed by atoms with van der Waals surface area (Å²) >= 11 is 3.32. The Morgan fingerprint density at radius 2 is 1.80 bits per heavy atom. The molecule has 1 saturated carbocycles. The van der Waals surface area contributed by atoms with E-state index in [1.165, 1.54) is 12.1 Å². The molecule has 0 aromatic heterocycles. The van der Waals surface area contributed by atoms with Crippen molar-refractivity contribution in [1.82, 2.24) is 4.72 Å². The maximum absolute atomic E-state index is 12.6. The van der Waals surface area contributed by atoms with Crippen molar-refractivity contribution in [3.63, 3.8) is 0 Å². The molecule has 132 valence electrons. The summed E-state index contributed by atoms with van der Waals surface area (Å²) < 4.78 is 27.9. The Kier molecular flexibility index (Phi) is 4.99. The molecule has 1 amide bonds. The molecule has 1 aliphatic rings. The van der Waals surface area contributed by atoms with Crippen molar-refractivity contribution in [1.29, 1.82) is 0 Å². The van der Waals surface area contributed by atoms with Crippen LogP contribution in [0.2, 0.25) is 0 Å². The van der Waals surface area contributed by atoms with E-state index in [-0.39, 0.29) is 22.4 Å². The molecule has 2 aromatic rings. The van der Waals surface area contributed by atoms with Crippen LogP contribution in [0.15, 0.2) is 45.8 Å². The predicted molar refractivity (Wildman–Crippen MR) is 101 cm³/mol. The van der Waals surface area contributed by atoms with E-state index >= 15 is 0 Å². The van der Waals surface area contributed by atoms with E-state index in [2.05, 4.69) is 26.0 Å². The second kappa shape index (κ2) is 6.90. The SMILES string of the molecule is Cc1ccc(NC(=O)c2cc(S(=O)(=O)NC3CC3)ccc2Br)cc1C. The Bertz CT molecular complexity index is 937. The number of benzene rings is 2. The van der Waals surface area contributed by atoms with Gasteiger partial charge in [0.15, 0.2) is 0 Å². The van der Waals surface area contributed by atoms with Crippen LogP contribution in [0.1, 0.15) is 34.3 Å². The van der Waals surface area contributed by atoms with Crippen molar-refractivity contribution < 1.29 is 13.2 Å². The minimum Gasteiger partial charge on any atom is -0.322 e. The fourth-order valence-corrected chi connectivity index (χ4v) is 4.11. The molecule has 2 N–H and O–H groups in total. The van der Waals surface area contributed by atoms with E-state index in [9.17, 15) is 13.2 Å². The molecule has 5 nitrogen and oxygen atoms in total. The van der Waals surface area contributed by atoms with Gasteiger partial charge in [0.25, 0.3) is 5.91 Å². The maximum Gasteiger partial charge on any atom is 0.256 e. The summed E-state index contributed by atoms with van der Waals surface area (Å²) in [5.41, 5.74) is 3.15. The Labute approximate surface area is 156 Å². The van der Waals surface area contributed by atoms with Crippen molar-refractivity contribution in [3.8, 4) is 0 Å². The third kappa shape index (κ3) is 4.29. The largest absolute Gasteiger partial charge is 0.322 e. The molecule has 1 fully saturated rings. The highest BCUT2D eigenvalue weighted by atomic mass is 79.9. The molecule has 0 bridgehead atoms. The molecule has 2 aromatic carbocycles. The minimum absolute atomic E-state index is 0.0152. The van der Waals surface area contributed by atoms with Gasteiger partial charge < -0.3 is 5.32 Å². The third-order valence-corrected chi connectivity index (χ3v) is 6.37. The number of nitrogens with one attached hydrogen (secondary N) is 2. The second-order valence-corrected chi connectivity index (χ2v) is 8.86. The molecule has 0 heterocycles. The number of sulfonamides is 1. The van der Waals surface area contributed by atoms with E-state index in [1.807, 2.05) is 32.0 Å². The zero-order chi connectivity index (χ0) is 18.2. The van der Waals surface area contributed by atoms with Gasteiger partial charge in [-0.3, -0.25) is 4.79 Å². The van der Waals surface area contributed by atoms with Crippen LogP contribution in [0.25, 0.3) is 0 Å². The molecule has 7 heteroatoms. The van der Waals surface area contributed by atoms with Gasteiger partial charge in [0.05, 0.1) is 10.5 Å². The van der Waals surface area contributed by atoms with Crippen LogP contribution in [0.5, 0.6) is 0 Å². The van der Waals surface area contributed by atoms with E-state index in [1.54, 1.807) is 6.07 Å². The zero-order valence-corrected chi connectivity index (χ0v) is 16.4. The summed E-state index contributed by atoms with van der Waals surface area (Å²) in [6, 6.07) is 10.1. The van der Waals surface area contributed by atoms with Crippen molar-refractivity contribution >= 4 is 37.5 Å². The highest BCUT2D eigenvalue weighted by molar-refractivity contribution is 9.10. The summed E-state index contributed by atoms with van der Waals surface area (Å²) in [6.45, 7) is 3.97. The average molecular weight is 423 g/mol. The molecule has 0 spiro atoms. The highest BCUT2D eigenvalue weighted by Crippen LogP contribution is 2.26. The van der Waals surface area contributed by atoms with Gasteiger partial charge in [-0.25, -0.2) is 13.1 Å². The van der Waals surface area contributed by atoms with Gasteiger partial charge >= 0.3 is 0 Å². The molecule has 1 aliphatic carbocycles. The number of carbonyl (C=O) groups excluding carboxylic acids is 1. The van der Waals surface area contributed by atoms with E-state index in [0.29, 0.717) is 10.2 Å². The number of hydrogen-bond acceptors (Lipinski definition) is 3. The predicted octanol–water partition coefficient (Wildman–Crippen LogP) is 3.76. The first kappa shape index (κ1) is 18.1. The number of rotatable bonds is 5. The van der Waals surface area contributed by atoms with Crippen molar-refractivity contribution in [2.75, 3.05) is 5.32 Å². The molecule has 0 aliphatic heterocycles. The lowest BCUT2D eigenvalue weighted by Crippen LogP contribution is -2.26. The summed E-state index contributed by atoms with van der Waals surface area (Å²) in [5, 5.41) is 2.81. The number of amides is 1. The van der Waals surface area contributed by atoms with Crippen molar-refractivity contribution in [3.05, 3.63) is 57.6 Å². The normalized spacial score (nSPS) is 14.4. The van der Waals surface area contributed by atoms with Crippen LogP contribution in [-0.2, 0) is 10.0 Å². The molecule has 0 unspecified atom stereocenters. The van der Waals surface area contributed by atoms with Gasteiger partial charge in [-0.15, -0.1) is 0 Å². The Hall–Kier alpha value is -1.70. The first-order valence-electron chi connectivity index (χ1n) is 7.97. The molecular formula is C18H19BrN2O3S. The standard InChI is InChI=1S/C18H19BrN2O3S/c1-11-3-4-14(9-12(11)2)20-18(22)16-10-15(7-8-17(16)19)25(23,24)21-13-5-6-13/h3-4,7-10,13,21H,5-6H2,1-2H3,(H,20,22). The third-order valence-electron chi connectivity index (χ3n) is 4.16. The Morgan fingerprint density at radius 1 is 1.08 bits per heavy atom. The topological polar surface area (TPSA) is 75.3 Å². The van der Waals surface area contributed by atoms with Crippen LogP contribution >= 0.6 is 15.9 Å². The molecule has 0 atom stereocenters. The fraction of sp³-hybridized carbons (Fsp3) is 0.278. The quantitative estimate of drug-likeness (QED) is 0.769. The van der Waals surface area contributed by atoms with Crippen LogP contribution in [0.4, 0.5) is 5.69 Å². The number of halogens is 1. The summed E-state index contributed by atoms with van der Waals surface area (Å²) in [5.74, 6) is -0.362. The van der Waals surface area contributed by atoms with E-state index < -0.39 is 10.0 Å². The van der Waals surface area contributed by atoms with Crippen LogP contribution < -0.4 is 10.0 Å². The van der Waals surface area contributed by atoms with Crippen molar-refractivity contribution in [2.24, 2.45) is 0 Å². The summed E-state index contributed by atoms with van der Waals surface area (Å²) in [7, 11) is -3.61. The molecule has 25 heavy (non-hydrogen) atoms. The lowest BCUT2D eigenvalue weighted by Gasteiger charge is -2.11. The smallest absolute Gasteiger partial charge is 0.256 e. The minimum atomic E-state index is -3.61. The second-order valence-electron chi connectivity index (χ2n) is 6.29. The maximum atomic E-state index is 12.6. The number of anilines is 1. The zero-order valence-electron chi connectivity index (χ0n) is 14.0. The van der Waals surface area contributed by atoms with Crippen molar-refractivity contribution in [2.45, 2.75) is 37.6 Å². The van der Waals surface area contributed by atoms with Gasteiger partial charge in [-0.1, -0.05) is 6.07 Å². The molecule has 0 radical (unpaired) electrons. The molecule has 3 rings (SSSR count). The number of hydrogen-bond donors (Lipinski definition) is 2. The summed E-state index contributed by atoms with van der Waals surface area (Å²) in [6.07, 6.45) is 1.71. The Balaban J connectivity index is 1.86. The summed E-state index contributed by atoms with van der Waals surface area (Å²) in [4.78, 5) is 12.7. The lowest BCUT2D eigenvalue weighted by atomic mass is 10.1. The first-order chi connectivity index (χ1) is 11.8. The molecule has 0 saturated heterocycles. The van der Waals surface area contributed by atoms with Crippen LogP contribution in [0.3, 0.4) is 0 Å². The van der Waals surface area contributed by atoms with Gasteiger partial charge in [0.1, 0.15) is 0 Å². The monoisotopic (exact) mass is 422 g/mol. The number of carbonyl (C=O) groups is 1. The first-order valence-corrected chi connectivity index (χ1v) is 10.2. The highest BCUT2D eigenvalue weighted by Gasteiger charge is 2.28. The average Bonchev–Trinajstić information content (AvgIpc) is 3.34. The Morgan fingerprint density at radius 3 is 2.44 bits per heavy atom. The van der Waals surface area contributed by atoms with E-state index in [0.717, 1.165) is 24.0 Å². The lowest BCUT2D eigenvalue weighted by molar-refractivity contribution is 0.102. The van der Waals surface area contributed by atoms with Gasteiger partial charge in [0, 0.05) is 16.2 Å². The fourth-order valence-electron chi connectivity index (χ4n) is 2.35. The molecular weight excluding hydrogens is 404 g/mol. The van der Waals surface area contributed by atoms with Gasteiger partial charge in [0.2, 0.25) is 10.0 Å². The van der Waals surface area contributed by atoms with E-state index in [4.69, 9.17) is 0 Å². The number of aryl methyl sites for hydroxylation is 2. The van der Waals surface area contributed by atoms with Crippen LogP contribution in [0, 0.1) is 13.8 Å². The van der Waals surface area contributed by atoms with Gasteiger partial charge in [-0.05, 0) is 84.1 Å². The van der Waals surface area contributed by atoms with Crippen LogP contribution in [-0.4, -0.2) is 20.4 Å². The van der Waals surface area contributed by atoms with Gasteiger partial charge in [-0.2, -0.15) is 0 Å².